The van der Waals surface area contributed by atoms with Crippen molar-refractivity contribution in [3.63, 3.8) is 0 Å². The lowest BCUT2D eigenvalue weighted by atomic mass is 9.46. The summed E-state index contributed by atoms with van der Waals surface area (Å²) >= 11 is 0. The summed E-state index contributed by atoms with van der Waals surface area (Å²) in [5, 5.41) is 2.08. The predicted molar refractivity (Wildman–Crippen MR) is 143 cm³/mol. The highest BCUT2D eigenvalue weighted by Crippen LogP contribution is 2.64. The zero-order valence-electron chi connectivity index (χ0n) is 21.8. The van der Waals surface area contributed by atoms with Crippen LogP contribution in [0, 0.1) is 11.8 Å². The second kappa shape index (κ2) is 8.90. The Morgan fingerprint density at radius 1 is 0.892 bits per heavy atom. The molecule has 3 aromatic rings. The van der Waals surface area contributed by atoms with Crippen molar-refractivity contribution in [2.45, 2.75) is 63.4 Å². The average molecular weight is 499 g/mol. The van der Waals surface area contributed by atoms with Crippen molar-refractivity contribution >= 4 is 22.7 Å². The Hall–Kier alpha value is -3.34. The van der Waals surface area contributed by atoms with Crippen molar-refractivity contribution in [2.75, 3.05) is 13.7 Å². The third-order valence-electron chi connectivity index (χ3n) is 8.82. The van der Waals surface area contributed by atoms with Gasteiger partial charge in [0.15, 0.2) is 0 Å². The first-order valence-electron chi connectivity index (χ1n) is 13.4. The second-order valence-electron chi connectivity index (χ2n) is 11.4. The van der Waals surface area contributed by atoms with E-state index in [0.29, 0.717) is 24.0 Å². The third kappa shape index (κ3) is 4.18. The van der Waals surface area contributed by atoms with Gasteiger partial charge in [0.25, 0.3) is 0 Å². The van der Waals surface area contributed by atoms with E-state index in [0.717, 1.165) is 59.8 Å². The highest BCUT2D eigenvalue weighted by atomic mass is 16.6. The lowest BCUT2D eigenvalue weighted by Crippen LogP contribution is -2.59. The first-order valence-corrected chi connectivity index (χ1v) is 13.4. The van der Waals surface area contributed by atoms with Gasteiger partial charge in [0.2, 0.25) is 0 Å². The molecule has 37 heavy (non-hydrogen) atoms. The molecule has 3 aromatic carbocycles. The second-order valence-corrected chi connectivity index (χ2v) is 11.4. The van der Waals surface area contributed by atoms with E-state index >= 15 is 0 Å². The molecule has 0 aromatic heterocycles. The molecule has 0 spiro atoms. The fraction of sp³-hybridized carbons (Fsp3) is 0.438. The molecule has 0 N–H and O–H groups in total. The maximum absolute atomic E-state index is 12.2. The maximum atomic E-state index is 12.2. The minimum Gasteiger partial charge on any atom is -0.496 e. The van der Waals surface area contributed by atoms with Gasteiger partial charge in [-0.3, -0.25) is 4.79 Å². The van der Waals surface area contributed by atoms with Crippen LogP contribution in [0.1, 0.15) is 68.3 Å². The molecule has 0 heterocycles. The molecule has 0 saturated heterocycles. The van der Waals surface area contributed by atoms with E-state index in [2.05, 4.69) is 36.4 Å². The van der Waals surface area contributed by atoms with Gasteiger partial charge in [0, 0.05) is 17.9 Å². The van der Waals surface area contributed by atoms with Crippen LogP contribution in [0.3, 0.4) is 0 Å². The molecule has 0 amide bonds. The minimum atomic E-state index is -0.337. The Morgan fingerprint density at radius 2 is 1.57 bits per heavy atom. The van der Waals surface area contributed by atoms with Crippen LogP contribution in [0.25, 0.3) is 21.9 Å². The van der Waals surface area contributed by atoms with Gasteiger partial charge in [-0.15, -0.1) is 0 Å². The van der Waals surface area contributed by atoms with E-state index < -0.39 is 0 Å². The van der Waals surface area contributed by atoms with Gasteiger partial charge in [0.05, 0.1) is 19.3 Å². The minimum absolute atomic E-state index is 0.0354. The summed E-state index contributed by atoms with van der Waals surface area (Å²) in [7, 11) is 1.75. The number of hydrogen-bond donors (Lipinski definition) is 0. The SMILES string of the molecule is CCOC(=O)c1ccc2cc(-c3ccc(OC)c(C45C[C@@H]6C[C@@H](CC(OC(C)=O)(C6)C4)C5)c3)ccc2c1. The number of rotatable bonds is 6. The molecule has 4 aliphatic carbocycles. The van der Waals surface area contributed by atoms with Gasteiger partial charge >= 0.3 is 11.9 Å². The molecular formula is C32H34O5. The van der Waals surface area contributed by atoms with E-state index in [-0.39, 0.29) is 23.0 Å². The Morgan fingerprint density at radius 3 is 2.27 bits per heavy atom. The molecule has 5 nitrogen and oxygen atoms in total. The summed E-state index contributed by atoms with van der Waals surface area (Å²) in [6, 6.07) is 18.6. The fourth-order valence-electron chi connectivity index (χ4n) is 7.99. The van der Waals surface area contributed by atoms with Crippen molar-refractivity contribution in [3.05, 3.63) is 65.7 Å². The zero-order valence-corrected chi connectivity index (χ0v) is 21.8. The van der Waals surface area contributed by atoms with Gasteiger partial charge in [-0.05, 0) is 110 Å². The Kier molecular flexibility index (Phi) is 5.78. The van der Waals surface area contributed by atoms with Gasteiger partial charge in [-0.25, -0.2) is 4.79 Å². The number of esters is 2. The van der Waals surface area contributed by atoms with Crippen molar-refractivity contribution in [3.8, 4) is 16.9 Å². The Labute approximate surface area is 218 Å². The van der Waals surface area contributed by atoms with Crippen LogP contribution < -0.4 is 4.74 Å². The van der Waals surface area contributed by atoms with Crippen LogP contribution in [-0.2, 0) is 19.7 Å². The summed E-state index contributed by atoms with van der Waals surface area (Å²) < 4.78 is 17.1. The largest absolute Gasteiger partial charge is 0.496 e. The molecule has 4 fully saturated rings. The van der Waals surface area contributed by atoms with Gasteiger partial charge in [-0.1, -0.05) is 24.3 Å². The van der Waals surface area contributed by atoms with E-state index in [1.807, 2.05) is 25.1 Å². The molecule has 4 bridgehead atoms. The van der Waals surface area contributed by atoms with Crippen molar-refractivity contribution in [2.24, 2.45) is 11.8 Å². The van der Waals surface area contributed by atoms with Crippen LogP contribution in [-0.4, -0.2) is 31.3 Å². The summed E-state index contributed by atoms with van der Waals surface area (Å²) in [5.74, 6) is 1.63. The highest BCUT2D eigenvalue weighted by Gasteiger charge is 2.60. The van der Waals surface area contributed by atoms with E-state index in [1.54, 1.807) is 14.0 Å². The highest BCUT2D eigenvalue weighted by molar-refractivity contribution is 5.96. The standard InChI is InChI=1S/C32H34O5/c1-4-36-30(34)27-8-7-23-12-24(5-6-25(23)13-27)26-9-10-29(35-3)28(14-26)31-15-21-11-22(16-31)18-32(17-21,19-31)37-20(2)33/h5-10,12-14,21-22H,4,11,15-19H2,1-3H3/t21-,22+,31?,32?. The molecule has 7 rings (SSSR count). The normalized spacial score (nSPS) is 27.8. The van der Waals surface area contributed by atoms with Crippen molar-refractivity contribution in [1.82, 2.24) is 0 Å². The summed E-state index contributed by atoms with van der Waals surface area (Å²) in [5.41, 5.74) is 3.71. The Bertz CT molecular complexity index is 1380. The smallest absolute Gasteiger partial charge is 0.338 e. The Balaban J connectivity index is 1.38. The zero-order chi connectivity index (χ0) is 25.8. The first-order chi connectivity index (χ1) is 17.8. The van der Waals surface area contributed by atoms with Crippen LogP contribution in [0.2, 0.25) is 0 Å². The molecule has 0 radical (unpaired) electrons. The fourth-order valence-corrected chi connectivity index (χ4v) is 7.99. The molecule has 4 aliphatic rings. The summed E-state index contributed by atoms with van der Waals surface area (Å²) in [4.78, 5) is 24.2. The molecule has 192 valence electrons. The summed E-state index contributed by atoms with van der Waals surface area (Å²) in [6.45, 7) is 3.72. The predicted octanol–water partition coefficient (Wildman–Crippen LogP) is 6.85. The van der Waals surface area contributed by atoms with Crippen LogP contribution in [0.4, 0.5) is 0 Å². The lowest BCUT2D eigenvalue weighted by Gasteiger charge is -2.61. The van der Waals surface area contributed by atoms with Crippen LogP contribution in [0.15, 0.2) is 54.6 Å². The number of hydrogen-bond acceptors (Lipinski definition) is 5. The van der Waals surface area contributed by atoms with E-state index in [9.17, 15) is 9.59 Å². The van der Waals surface area contributed by atoms with Gasteiger partial charge < -0.3 is 14.2 Å². The molecule has 5 heteroatoms. The monoisotopic (exact) mass is 498 g/mol. The van der Waals surface area contributed by atoms with E-state index in [4.69, 9.17) is 14.2 Å². The number of methoxy groups -OCH3 is 1. The number of carbonyl (C=O) groups excluding carboxylic acids is 2. The number of benzene rings is 3. The van der Waals surface area contributed by atoms with Crippen LogP contribution >= 0.6 is 0 Å². The lowest BCUT2D eigenvalue weighted by molar-refractivity contribution is -0.188. The first kappa shape index (κ1) is 24.0. The van der Waals surface area contributed by atoms with Crippen molar-refractivity contribution < 1.29 is 23.8 Å². The number of fused-ring (bicyclic) bond motifs is 1. The molecule has 4 atom stereocenters. The molecule has 2 unspecified atom stereocenters. The maximum Gasteiger partial charge on any atom is 0.338 e. The molecule has 4 saturated carbocycles. The quantitative estimate of drug-likeness (QED) is 0.348. The van der Waals surface area contributed by atoms with Gasteiger partial charge in [-0.2, -0.15) is 0 Å². The van der Waals surface area contributed by atoms with Gasteiger partial charge in [0.1, 0.15) is 11.4 Å². The number of ether oxygens (including phenoxy) is 3. The third-order valence-corrected chi connectivity index (χ3v) is 8.82. The number of carbonyl (C=O) groups is 2. The average Bonchev–Trinajstić information content (AvgIpc) is 2.86. The van der Waals surface area contributed by atoms with E-state index in [1.165, 1.54) is 12.0 Å². The molecule has 0 aliphatic heterocycles. The molecular weight excluding hydrogens is 464 g/mol. The topological polar surface area (TPSA) is 61.8 Å². The summed E-state index contributed by atoms with van der Waals surface area (Å²) in [6.07, 6.45) is 6.35. The van der Waals surface area contributed by atoms with Crippen LogP contribution in [0.5, 0.6) is 5.75 Å². The van der Waals surface area contributed by atoms with Crippen molar-refractivity contribution in [1.29, 1.82) is 0 Å².